The van der Waals surface area contributed by atoms with E-state index in [4.69, 9.17) is 4.74 Å². The number of anilines is 1. The van der Waals surface area contributed by atoms with E-state index in [-0.39, 0.29) is 0 Å². The summed E-state index contributed by atoms with van der Waals surface area (Å²) in [5.41, 5.74) is 5.23. The highest BCUT2D eigenvalue weighted by Gasteiger charge is 2.27. The molecule has 136 valence electrons. The predicted molar refractivity (Wildman–Crippen MR) is 113 cm³/mol. The van der Waals surface area contributed by atoms with Gasteiger partial charge in [-0.3, -0.25) is 0 Å². The molecule has 2 nitrogen and oxygen atoms in total. The molecule has 0 saturated carbocycles. The van der Waals surface area contributed by atoms with Crippen molar-refractivity contribution >= 4 is 11.8 Å². The largest absolute Gasteiger partial charge is 0.497 e. The Labute approximate surface area is 161 Å². The first kappa shape index (κ1) is 17.4. The maximum atomic E-state index is 5.30. The molecule has 1 aliphatic rings. The zero-order valence-corrected chi connectivity index (χ0v) is 15.9. The van der Waals surface area contributed by atoms with E-state index in [9.17, 15) is 0 Å². The number of para-hydroxylation sites is 1. The molecule has 0 amide bonds. The van der Waals surface area contributed by atoms with Crippen molar-refractivity contribution in [1.82, 2.24) is 0 Å². The molecule has 2 atom stereocenters. The fraction of sp³-hybridized carbons (Fsp3) is 0.200. The highest BCUT2D eigenvalue weighted by molar-refractivity contribution is 5.73. The van der Waals surface area contributed by atoms with E-state index in [0.717, 1.165) is 12.2 Å². The highest BCUT2D eigenvalue weighted by atomic mass is 16.5. The van der Waals surface area contributed by atoms with Gasteiger partial charge in [0.15, 0.2) is 0 Å². The summed E-state index contributed by atoms with van der Waals surface area (Å²) < 4.78 is 5.30. The highest BCUT2D eigenvalue weighted by Crippen LogP contribution is 2.37. The molecule has 4 rings (SSSR count). The van der Waals surface area contributed by atoms with Crippen molar-refractivity contribution in [2.45, 2.75) is 25.4 Å². The van der Waals surface area contributed by atoms with Gasteiger partial charge < -0.3 is 9.64 Å². The lowest BCUT2D eigenvalue weighted by atomic mass is 9.94. The molecule has 0 saturated heterocycles. The number of hydrogen-bond acceptors (Lipinski definition) is 2. The molecule has 1 aliphatic heterocycles. The number of methoxy groups -OCH3 is 1. The van der Waals surface area contributed by atoms with Gasteiger partial charge in [-0.25, -0.2) is 0 Å². The van der Waals surface area contributed by atoms with E-state index in [1.165, 1.54) is 22.4 Å². The van der Waals surface area contributed by atoms with Crippen LogP contribution in [0, 0.1) is 0 Å². The van der Waals surface area contributed by atoms with E-state index in [1.54, 1.807) is 7.11 Å². The monoisotopic (exact) mass is 355 g/mol. The Morgan fingerprint density at radius 1 is 0.889 bits per heavy atom. The van der Waals surface area contributed by atoms with Crippen molar-refractivity contribution in [3.05, 3.63) is 102 Å². The first-order valence-corrected chi connectivity index (χ1v) is 9.49. The number of ether oxygens (including phenoxy) is 1. The van der Waals surface area contributed by atoms with Crippen LogP contribution in [0.1, 0.15) is 29.7 Å². The van der Waals surface area contributed by atoms with Gasteiger partial charge in [0.25, 0.3) is 0 Å². The topological polar surface area (TPSA) is 12.5 Å². The van der Waals surface area contributed by atoms with E-state index < -0.39 is 0 Å². The summed E-state index contributed by atoms with van der Waals surface area (Å²) in [6.45, 7) is 2.30. The van der Waals surface area contributed by atoms with Crippen molar-refractivity contribution in [2.24, 2.45) is 0 Å². The molecule has 0 aliphatic carbocycles. The van der Waals surface area contributed by atoms with Crippen molar-refractivity contribution in [3.63, 3.8) is 0 Å². The molecular formula is C25H25NO. The summed E-state index contributed by atoms with van der Waals surface area (Å²) in [7, 11) is 1.71. The molecule has 0 aromatic heterocycles. The quantitative estimate of drug-likeness (QED) is 0.565. The summed E-state index contributed by atoms with van der Waals surface area (Å²) in [5, 5.41) is 0. The van der Waals surface area contributed by atoms with Gasteiger partial charge in [-0.2, -0.15) is 0 Å². The molecule has 0 radical (unpaired) electrons. The first-order valence-electron chi connectivity index (χ1n) is 9.49. The standard InChI is InChI=1S/C25H25NO/c1-19(21-8-4-3-5-9-21)26-23(15-14-22-10-6-7-11-25(22)26)18-20-12-16-24(27-2)17-13-20/h3-17,19,23H,18H2,1-2H3. The van der Waals surface area contributed by atoms with E-state index in [0.29, 0.717) is 12.1 Å². The molecule has 1 heterocycles. The molecule has 0 bridgehead atoms. The number of rotatable bonds is 5. The molecule has 0 fully saturated rings. The van der Waals surface area contributed by atoms with Gasteiger partial charge in [0, 0.05) is 5.69 Å². The van der Waals surface area contributed by atoms with Crippen LogP contribution in [-0.4, -0.2) is 13.2 Å². The van der Waals surface area contributed by atoms with Crippen LogP contribution in [0.3, 0.4) is 0 Å². The van der Waals surface area contributed by atoms with Gasteiger partial charge in [0.05, 0.1) is 19.2 Å². The van der Waals surface area contributed by atoms with Crippen LogP contribution < -0.4 is 9.64 Å². The summed E-state index contributed by atoms with van der Waals surface area (Å²) in [5.74, 6) is 0.901. The van der Waals surface area contributed by atoms with Crippen LogP contribution >= 0.6 is 0 Å². The van der Waals surface area contributed by atoms with Crippen molar-refractivity contribution in [1.29, 1.82) is 0 Å². The molecular weight excluding hydrogens is 330 g/mol. The van der Waals surface area contributed by atoms with E-state index in [1.807, 2.05) is 12.1 Å². The molecule has 3 aromatic rings. The van der Waals surface area contributed by atoms with E-state index >= 15 is 0 Å². The molecule has 3 aromatic carbocycles. The second-order valence-corrected chi connectivity index (χ2v) is 7.03. The minimum Gasteiger partial charge on any atom is -0.497 e. The van der Waals surface area contributed by atoms with Crippen LogP contribution in [0.15, 0.2) is 84.9 Å². The number of nitrogens with zero attached hydrogens (tertiary/aromatic N) is 1. The SMILES string of the molecule is COc1ccc(CC2C=Cc3ccccc3N2C(C)c2ccccc2)cc1. The summed E-state index contributed by atoms with van der Waals surface area (Å²) in [6.07, 6.45) is 5.57. The first-order chi connectivity index (χ1) is 13.3. The minimum absolute atomic E-state index is 0.292. The zero-order chi connectivity index (χ0) is 18.6. The molecule has 2 unspecified atom stereocenters. The van der Waals surface area contributed by atoms with Crippen LogP contribution in [0.5, 0.6) is 5.75 Å². The second kappa shape index (κ2) is 7.71. The van der Waals surface area contributed by atoms with Crippen molar-refractivity contribution in [3.8, 4) is 5.75 Å². The Hall–Kier alpha value is -3.00. The van der Waals surface area contributed by atoms with Gasteiger partial charge in [-0.1, -0.05) is 72.8 Å². The summed E-state index contributed by atoms with van der Waals surface area (Å²) in [4.78, 5) is 2.55. The Balaban J connectivity index is 1.68. The maximum Gasteiger partial charge on any atom is 0.118 e. The zero-order valence-electron chi connectivity index (χ0n) is 15.9. The Morgan fingerprint density at radius 2 is 1.59 bits per heavy atom. The van der Waals surface area contributed by atoms with Crippen LogP contribution in [0.25, 0.3) is 6.08 Å². The Morgan fingerprint density at radius 3 is 2.33 bits per heavy atom. The number of fused-ring (bicyclic) bond motifs is 1. The lowest BCUT2D eigenvalue weighted by Gasteiger charge is -2.40. The van der Waals surface area contributed by atoms with Gasteiger partial charge in [-0.15, -0.1) is 0 Å². The van der Waals surface area contributed by atoms with E-state index in [2.05, 4.69) is 90.7 Å². The van der Waals surface area contributed by atoms with Crippen molar-refractivity contribution < 1.29 is 4.74 Å². The van der Waals surface area contributed by atoms with Crippen LogP contribution in [0.4, 0.5) is 5.69 Å². The minimum atomic E-state index is 0.292. The summed E-state index contributed by atoms with van der Waals surface area (Å²) >= 11 is 0. The second-order valence-electron chi connectivity index (χ2n) is 7.03. The third-order valence-electron chi connectivity index (χ3n) is 5.37. The fourth-order valence-electron chi connectivity index (χ4n) is 3.91. The Kier molecular flexibility index (Phi) is 4.97. The maximum absolute atomic E-state index is 5.30. The molecule has 0 spiro atoms. The van der Waals surface area contributed by atoms with Crippen LogP contribution in [0.2, 0.25) is 0 Å². The summed E-state index contributed by atoms with van der Waals surface area (Å²) in [6, 6.07) is 28.4. The van der Waals surface area contributed by atoms with Gasteiger partial charge in [0.1, 0.15) is 5.75 Å². The van der Waals surface area contributed by atoms with Gasteiger partial charge >= 0.3 is 0 Å². The number of hydrogen-bond donors (Lipinski definition) is 0. The van der Waals surface area contributed by atoms with Crippen LogP contribution in [-0.2, 0) is 6.42 Å². The van der Waals surface area contributed by atoms with Gasteiger partial charge in [-0.05, 0) is 48.2 Å². The Bertz CT molecular complexity index is 915. The molecule has 27 heavy (non-hydrogen) atoms. The third kappa shape index (κ3) is 3.61. The average Bonchev–Trinajstić information content (AvgIpc) is 2.74. The average molecular weight is 355 g/mol. The lowest BCUT2D eigenvalue weighted by Crippen LogP contribution is -2.39. The van der Waals surface area contributed by atoms with Gasteiger partial charge in [0.2, 0.25) is 0 Å². The third-order valence-corrected chi connectivity index (χ3v) is 5.37. The predicted octanol–water partition coefficient (Wildman–Crippen LogP) is 5.90. The normalized spacial score (nSPS) is 16.7. The fourth-order valence-corrected chi connectivity index (χ4v) is 3.91. The van der Waals surface area contributed by atoms with Crippen molar-refractivity contribution in [2.75, 3.05) is 12.0 Å². The lowest BCUT2D eigenvalue weighted by molar-refractivity contribution is 0.414. The molecule has 2 heteroatoms. The smallest absolute Gasteiger partial charge is 0.118 e. The molecule has 0 N–H and O–H groups in total. The number of benzene rings is 3.